The molecule has 0 amide bonds. The molecule has 11 nitrogen and oxygen atoms in total. The Morgan fingerprint density at radius 3 is 1.57 bits per heavy atom. The van der Waals surface area contributed by atoms with Crippen molar-refractivity contribution in [3.8, 4) is 0 Å². The van der Waals surface area contributed by atoms with Gasteiger partial charge in [-0.2, -0.15) is 0 Å². The lowest BCUT2D eigenvalue weighted by atomic mass is 10.0. The third-order valence-electron chi connectivity index (χ3n) is 8.88. The van der Waals surface area contributed by atoms with Crippen molar-refractivity contribution in [1.82, 2.24) is 0 Å². The normalized spacial score (nSPS) is 14.1. The van der Waals surface area contributed by atoms with Crippen molar-refractivity contribution in [3.05, 3.63) is 61.3 Å². The average Bonchev–Trinajstić information content (AvgIpc) is 3.17. The van der Waals surface area contributed by atoms with E-state index in [0.717, 1.165) is 51.4 Å². The SMILES string of the molecule is C=CCCCCCCCCCCCCCCCC(=O)OC[C@H](COP(=O)(O)OC[C@H](N)C(=O)O)OC(=O)CCC/C=C/C/C=C/C/C=C/C/C=C/CCCCC. The first-order chi connectivity index (χ1) is 27.1. The third kappa shape index (κ3) is 38.1. The van der Waals surface area contributed by atoms with Crippen LogP contribution in [0.15, 0.2) is 61.3 Å². The zero-order valence-corrected chi connectivity index (χ0v) is 35.4. The number of phosphoric ester groups is 1. The maximum absolute atomic E-state index is 12.6. The van der Waals surface area contributed by atoms with E-state index in [1.807, 2.05) is 18.2 Å². The second-order valence-electron chi connectivity index (χ2n) is 14.2. The molecule has 0 fully saturated rings. The number of aliphatic carboxylic acids is 1. The van der Waals surface area contributed by atoms with E-state index in [2.05, 4.69) is 54.5 Å². The molecule has 0 bridgehead atoms. The van der Waals surface area contributed by atoms with Crippen LogP contribution in [0.3, 0.4) is 0 Å². The minimum Gasteiger partial charge on any atom is -0.480 e. The van der Waals surface area contributed by atoms with Crippen LogP contribution in [-0.4, -0.2) is 59.9 Å². The van der Waals surface area contributed by atoms with Crippen molar-refractivity contribution in [2.75, 3.05) is 19.8 Å². The quantitative estimate of drug-likeness (QED) is 0.0233. The standard InChI is InChI=1S/C44H76NO10P/c1-3-5-7-9-11-13-15-17-19-20-22-24-26-28-30-32-34-36-43(47)55-40(38-53-56(50,51)54-39-41(45)44(48)49)37-52-42(46)35-33-31-29-27-25-23-21-18-16-14-12-10-8-6-4-2/h4,11,13,17,19,22,24,28,30,40-41H,2-3,5-10,12,14-16,18,20-21,23,25-27,29,31-39,45H2,1H3,(H,48,49)(H,50,51)/b13-11+,19-17+,24-22+,30-28+/t40-,41+/m1/s1. The van der Waals surface area contributed by atoms with Crippen LogP contribution in [0.25, 0.3) is 0 Å². The third-order valence-corrected chi connectivity index (χ3v) is 9.84. The number of hydrogen-bond donors (Lipinski definition) is 3. The number of carbonyl (C=O) groups excluding carboxylic acids is 2. The predicted octanol–water partition coefficient (Wildman–Crippen LogP) is 11.2. The fraction of sp³-hybridized carbons (Fsp3) is 0.705. The van der Waals surface area contributed by atoms with Gasteiger partial charge in [0.2, 0.25) is 0 Å². The first kappa shape index (κ1) is 53.2. The summed E-state index contributed by atoms with van der Waals surface area (Å²) in [7, 11) is -4.73. The maximum atomic E-state index is 12.6. The minimum absolute atomic E-state index is 0.0830. The zero-order valence-electron chi connectivity index (χ0n) is 34.5. The molecule has 0 aromatic heterocycles. The van der Waals surface area contributed by atoms with Crippen molar-refractivity contribution in [3.63, 3.8) is 0 Å². The number of allylic oxidation sites excluding steroid dienone is 9. The Morgan fingerprint density at radius 1 is 0.607 bits per heavy atom. The summed E-state index contributed by atoms with van der Waals surface area (Å²) < 4.78 is 32.6. The van der Waals surface area contributed by atoms with Gasteiger partial charge in [0.1, 0.15) is 12.6 Å². The molecule has 0 aliphatic rings. The molecule has 0 aromatic rings. The molecule has 0 aliphatic heterocycles. The average molecular weight is 810 g/mol. The summed E-state index contributed by atoms with van der Waals surface area (Å²) in [6.07, 6.45) is 43.3. The van der Waals surface area contributed by atoms with Crippen molar-refractivity contribution < 1.29 is 47.5 Å². The van der Waals surface area contributed by atoms with Gasteiger partial charge >= 0.3 is 25.7 Å². The number of carboxylic acid groups (broad SMARTS) is 1. The van der Waals surface area contributed by atoms with Gasteiger partial charge in [-0.05, 0) is 64.2 Å². The summed E-state index contributed by atoms with van der Waals surface area (Å²) in [5, 5.41) is 8.88. The van der Waals surface area contributed by atoms with E-state index in [0.29, 0.717) is 19.3 Å². The molecule has 0 saturated carbocycles. The molecule has 56 heavy (non-hydrogen) atoms. The van der Waals surface area contributed by atoms with Crippen molar-refractivity contribution in [2.24, 2.45) is 5.73 Å². The molecule has 4 N–H and O–H groups in total. The lowest BCUT2D eigenvalue weighted by molar-refractivity contribution is -0.161. The fourth-order valence-electron chi connectivity index (χ4n) is 5.51. The van der Waals surface area contributed by atoms with Gasteiger partial charge in [0.25, 0.3) is 0 Å². The predicted molar refractivity (Wildman–Crippen MR) is 226 cm³/mol. The Bertz CT molecular complexity index is 1170. The number of carboxylic acids is 1. The number of phosphoric acid groups is 1. The molecule has 0 radical (unpaired) electrons. The molecule has 0 saturated heterocycles. The van der Waals surface area contributed by atoms with Crippen molar-refractivity contribution in [2.45, 2.75) is 180 Å². The molecular weight excluding hydrogens is 733 g/mol. The van der Waals surface area contributed by atoms with Crippen molar-refractivity contribution >= 4 is 25.7 Å². The number of esters is 2. The first-order valence-electron chi connectivity index (χ1n) is 21.3. The molecule has 0 heterocycles. The smallest absolute Gasteiger partial charge is 0.472 e. The molecule has 0 spiro atoms. The first-order valence-corrected chi connectivity index (χ1v) is 22.8. The fourth-order valence-corrected chi connectivity index (χ4v) is 6.29. The van der Waals surface area contributed by atoms with Crippen LogP contribution >= 0.6 is 7.82 Å². The van der Waals surface area contributed by atoms with Gasteiger partial charge in [0.15, 0.2) is 6.10 Å². The Hall–Kier alpha value is -2.82. The highest BCUT2D eigenvalue weighted by atomic mass is 31.2. The van der Waals surface area contributed by atoms with Crippen LogP contribution in [0.2, 0.25) is 0 Å². The van der Waals surface area contributed by atoms with Crippen LogP contribution < -0.4 is 5.73 Å². The number of rotatable bonds is 40. The number of unbranched alkanes of at least 4 members (excludes halogenated alkanes) is 17. The Kier molecular flexibility index (Phi) is 37.1. The highest BCUT2D eigenvalue weighted by molar-refractivity contribution is 7.47. The van der Waals surface area contributed by atoms with Gasteiger partial charge in [-0.25, -0.2) is 4.57 Å². The van der Waals surface area contributed by atoms with E-state index < -0.39 is 51.1 Å². The minimum atomic E-state index is -4.73. The lowest BCUT2D eigenvalue weighted by Gasteiger charge is -2.20. The maximum Gasteiger partial charge on any atom is 0.472 e. The summed E-state index contributed by atoms with van der Waals surface area (Å²) in [5.74, 6) is -2.46. The van der Waals surface area contributed by atoms with Gasteiger partial charge in [0, 0.05) is 12.8 Å². The van der Waals surface area contributed by atoms with E-state index in [-0.39, 0.29) is 19.4 Å². The van der Waals surface area contributed by atoms with E-state index >= 15 is 0 Å². The van der Waals surface area contributed by atoms with Crippen molar-refractivity contribution in [1.29, 1.82) is 0 Å². The molecule has 322 valence electrons. The Balaban J connectivity index is 4.47. The second kappa shape index (κ2) is 39.0. The van der Waals surface area contributed by atoms with E-state index in [9.17, 15) is 23.8 Å². The summed E-state index contributed by atoms with van der Waals surface area (Å²) in [5.41, 5.74) is 5.32. The van der Waals surface area contributed by atoms with Gasteiger partial charge in [-0.1, -0.05) is 145 Å². The summed E-state index contributed by atoms with van der Waals surface area (Å²) in [6.45, 7) is 4.23. The van der Waals surface area contributed by atoms with Gasteiger partial charge in [0.05, 0.1) is 13.2 Å². The van der Waals surface area contributed by atoms with Crippen LogP contribution in [0.5, 0.6) is 0 Å². The Labute approximate surface area is 338 Å². The second-order valence-corrected chi connectivity index (χ2v) is 15.7. The largest absolute Gasteiger partial charge is 0.480 e. The molecule has 0 aromatic carbocycles. The highest BCUT2D eigenvalue weighted by Gasteiger charge is 2.28. The summed E-state index contributed by atoms with van der Waals surface area (Å²) >= 11 is 0. The molecular formula is C44H76NO10P. The van der Waals surface area contributed by atoms with Gasteiger partial charge in [-0.3, -0.25) is 23.4 Å². The van der Waals surface area contributed by atoms with Crippen LogP contribution in [0, 0.1) is 0 Å². The summed E-state index contributed by atoms with van der Waals surface area (Å²) in [4.78, 5) is 45.9. The molecule has 0 aliphatic carbocycles. The van der Waals surface area contributed by atoms with Crippen LogP contribution in [0.4, 0.5) is 0 Å². The lowest BCUT2D eigenvalue weighted by Crippen LogP contribution is -2.34. The number of carbonyl (C=O) groups is 3. The molecule has 3 atom stereocenters. The van der Waals surface area contributed by atoms with Crippen LogP contribution in [0.1, 0.15) is 167 Å². The number of hydrogen-bond acceptors (Lipinski definition) is 9. The van der Waals surface area contributed by atoms with E-state index in [1.165, 1.54) is 77.0 Å². The van der Waals surface area contributed by atoms with Crippen LogP contribution in [-0.2, 0) is 37.5 Å². The van der Waals surface area contributed by atoms with Gasteiger partial charge in [-0.15, -0.1) is 6.58 Å². The molecule has 12 heteroatoms. The number of ether oxygens (including phenoxy) is 2. The van der Waals surface area contributed by atoms with Gasteiger partial charge < -0.3 is 25.2 Å². The highest BCUT2D eigenvalue weighted by Crippen LogP contribution is 2.43. The summed E-state index contributed by atoms with van der Waals surface area (Å²) in [6, 6.07) is -1.53. The van der Waals surface area contributed by atoms with E-state index in [1.54, 1.807) is 0 Å². The number of nitrogens with two attached hydrogens (primary N) is 1. The molecule has 1 unspecified atom stereocenters. The monoisotopic (exact) mass is 810 g/mol. The van der Waals surface area contributed by atoms with E-state index in [4.69, 9.17) is 24.8 Å². The zero-order chi connectivity index (χ0) is 41.4. The topological polar surface area (TPSA) is 172 Å². The Morgan fingerprint density at radius 2 is 1.05 bits per heavy atom. The molecule has 0 rings (SSSR count).